The van der Waals surface area contributed by atoms with Crippen LogP contribution in [0.4, 0.5) is 0 Å². The van der Waals surface area contributed by atoms with Crippen molar-refractivity contribution < 1.29 is 9.84 Å². The van der Waals surface area contributed by atoms with Gasteiger partial charge < -0.3 is 9.84 Å². The van der Waals surface area contributed by atoms with Gasteiger partial charge in [0.25, 0.3) is 0 Å². The molecule has 0 unspecified atom stereocenters. The first-order valence-electron chi connectivity index (χ1n) is 6.40. The van der Waals surface area contributed by atoms with Crippen LogP contribution in [0.25, 0.3) is 10.9 Å². The summed E-state index contributed by atoms with van der Waals surface area (Å²) in [7, 11) is 0. The lowest BCUT2D eigenvalue weighted by molar-refractivity contribution is -0.142. The summed E-state index contributed by atoms with van der Waals surface area (Å²) in [6.45, 7) is 2.69. The molecule has 3 heteroatoms. The predicted molar refractivity (Wildman–Crippen MR) is 70.3 cm³/mol. The van der Waals surface area contributed by atoms with E-state index < -0.39 is 5.60 Å². The van der Waals surface area contributed by atoms with Gasteiger partial charge in [-0.05, 0) is 19.1 Å². The summed E-state index contributed by atoms with van der Waals surface area (Å²) in [5.74, 6) is 0. The Morgan fingerprint density at radius 1 is 1.39 bits per heavy atom. The highest BCUT2D eigenvalue weighted by atomic mass is 16.5. The van der Waals surface area contributed by atoms with Crippen molar-refractivity contribution in [3.63, 3.8) is 0 Å². The van der Waals surface area contributed by atoms with Gasteiger partial charge in [-0.3, -0.25) is 4.98 Å². The zero-order chi connectivity index (χ0) is 12.6. The average molecular weight is 243 g/mol. The number of fused-ring (bicyclic) bond motifs is 1. The fraction of sp³-hybridized carbons (Fsp3) is 0.400. The Labute approximate surface area is 106 Å². The number of hydrogen-bond acceptors (Lipinski definition) is 3. The molecule has 0 amide bonds. The molecule has 1 aliphatic carbocycles. The minimum Gasteiger partial charge on any atom is -0.385 e. The molecule has 0 atom stereocenters. The summed E-state index contributed by atoms with van der Waals surface area (Å²) in [4.78, 5) is 4.40. The molecule has 2 aromatic rings. The van der Waals surface area contributed by atoms with Crippen molar-refractivity contribution in [1.82, 2.24) is 4.98 Å². The second-order valence-electron chi connectivity index (χ2n) is 4.93. The van der Waals surface area contributed by atoms with E-state index in [2.05, 4.69) is 4.98 Å². The molecule has 0 bridgehead atoms. The van der Waals surface area contributed by atoms with Crippen LogP contribution in [0.2, 0.25) is 0 Å². The van der Waals surface area contributed by atoms with Crippen molar-refractivity contribution in [2.24, 2.45) is 0 Å². The van der Waals surface area contributed by atoms with Gasteiger partial charge in [-0.25, -0.2) is 0 Å². The summed E-state index contributed by atoms with van der Waals surface area (Å²) in [5, 5.41) is 11.6. The van der Waals surface area contributed by atoms with Crippen molar-refractivity contribution in [1.29, 1.82) is 0 Å². The molecule has 0 radical (unpaired) electrons. The maximum absolute atomic E-state index is 10.5. The third-order valence-corrected chi connectivity index (χ3v) is 3.66. The molecule has 0 spiro atoms. The van der Waals surface area contributed by atoms with Crippen LogP contribution in [0.5, 0.6) is 0 Å². The number of rotatable bonds is 3. The molecule has 3 nitrogen and oxygen atoms in total. The molecular weight excluding hydrogens is 226 g/mol. The highest BCUT2D eigenvalue weighted by Gasteiger charge is 2.44. The van der Waals surface area contributed by atoms with Crippen molar-refractivity contribution >= 4 is 10.9 Å². The summed E-state index contributed by atoms with van der Waals surface area (Å²) in [5.41, 5.74) is 1.11. The lowest BCUT2D eigenvalue weighted by atomic mass is 9.73. The summed E-state index contributed by atoms with van der Waals surface area (Å²) >= 11 is 0. The third kappa shape index (κ3) is 1.89. The van der Waals surface area contributed by atoms with Gasteiger partial charge in [-0.1, -0.05) is 18.2 Å². The van der Waals surface area contributed by atoms with Gasteiger partial charge in [0, 0.05) is 36.6 Å². The van der Waals surface area contributed by atoms with E-state index in [0.29, 0.717) is 19.4 Å². The van der Waals surface area contributed by atoms with Gasteiger partial charge in [0.15, 0.2) is 0 Å². The Morgan fingerprint density at radius 2 is 2.17 bits per heavy atom. The summed E-state index contributed by atoms with van der Waals surface area (Å²) in [6.07, 6.45) is 3.30. The van der Waals surface area contributed by atoms with Crippen LogP contribution in [-0.4, -0.2) is 22.8 Å². The monoisotopic (exact) mass is 243 g/mol. The number of para-hydroxylation sites is 1. The van der Waals surface area contributed by atoms with E-state index >= 15 is 0 Å². The van der Waals surface area contributed by atoms with Gasteiger partial charge in [0.05, 0.1) is 17.2 Å². The lowest BCUT2D eigenvalue weighted by Gasteiger charge is -2.43. The molecule has 1 heterocycles. The lowest BCUT2D eigenvalue weighted by Crippen LogP contribution is -2.45. The second kappa shape index (κ2) is 4.34. The highest BCUT2D eigenvalue weighted by molar-refractivity contribution is 5.79. The van der Waals surface area contributed by atoms with E-state index in [0.717, 1.165) is 16.5 Å². The molecule has 0 aliphatic heterocycles. The largest absolute Gasteiger partial charge is 0.385 e. The van der Waals surface area contributed by atoms with Gasteiger partial charge >= 0.3 is 0 Å². The van der Waals surface area contributed by atoms with Crippen molar-refractivity contribution in [3.8, 4) is 0 Å². The van der Waals surface area contributed by atoms with Crippen LogP contribution < -0.4 is 0 Å². The number of aliphatic hydroxyl groups is 1. The number of pyridine rings is 1. The molecule has 94 valence electrons. The van der Waals surface area contributed by atoms with Crippen molar-refractivity contribution in [2.75, 3.05) is 6.61 Å². The maximum atomic E-state index is 10.5. The molecule has 3 rings (SSSR count). The van der Waals surface area contributed by atoms with Crippen LogP contribution in [0.15, 0.2) is 36.5 Å². The van der Waals surface area contributed by atoms with Crippen LogP contribution in [-0.2, 0) is 10.3 Å². The summed E-state index contributed by atoms with van der Waals surface area (Å²) in [6, 6.07) is 9.99. The van der Waals surface area contributed by atoms with Gasteiger partial charge in [-0.15, -0.1) is 0 Å². The SMILES string of the molecule is CCOC1CC(O)(c2cnc3ccccc3c2)C1. The molecule has 1 fully saturated rings. The minimum atomic E-state index is -0.753. The smallest absolute Gasteiger partial charge is 0.0961 e. The maximum Gasteiger partial charge on any atom is 0.0961 e. The molecule has 18 heavy (non-hydrogen) atoms. The number of ether oxygens (including phenoxy) is 1. The highest BCUT2D eigenvalue weighted by Crippen LogP contribution is 2.43. The predicted octanol–water partition coefficient (Wildman–Crippen LogP) is 2.62. The first-order chi connectivity index (χ1) is 8.71. The number of benzene rings is 1. The van der Waals surface area contributed by atoms with E-state index in [1.54, 1.807) is 6.20 Å². The first kappa shape index (κ1) is 11.6. The van der Waals surface area contributed by atoms with E-state index in [9.17, 15) is 5.11 Å². The van der Waals surface area contributed by atoms with Crippen LogP contribution >= 0.6 is 0 Å². The molecule has 1 aromatic heterocycles. The Kier molecular flexibility index (Phi) is 2.80. The Morgan fingerprint density at radius 3 is 2.94 bits per heavy atom. The quantitative estimate of drug-likeness (QED) is 0.901. The molecule has 1 N–H and O–H groups in total. The van der Waals surface area contributed by atoms with Gasteiger partial charge in [-0.2, -0.15) is 0 Å². The molecule has 1 aromatic carbocycles. The fourth-order valence-corrected chi connectivity index (χ4v) is 2.61. The third-order valence-electron chi connectivity index (χ3n) is 3.66. The van der Waals surface area contributed by atoms with Crippen LogP contribution in [0.3, 0.4) is 0 Å². The van der Waals surface area contributed by atoms with E-state index in [1.807, 2.05) is 37.3 Å². The fourth-order valence-electron chi connectivity index (χ4n) is 2.61. The molecule has 1 aliphatic rings. The number of aromatic nitrogens is 1. The summed E-state index contributed by atoms with van der Waals surface area (Å²) < 4.78 is 5.50. The van der Waals surface area contributed by atoms with E-state index in [-0.39, 0.29) is 6.10 Å². The second-order valence-corrected chi connectivity index (χ2v) is 4.93. The zero-order valence-electron chi connectivity index (χ0n) is 10.5. The van der Waals surface area contributed by atoms with Gasteiger partial charge in [0.1, 0.15) is 0 Å². The van der Waals surface area contributed by atoms with E-state index in [4.69, 9.17) is 4.74 Å². The van der Waals surface area contributed by atoms with E-state index in [1.165, 1.54) is 0 Å². The first-order valence-corrected chi connectivity index (χ1v) is 6.40. The molecule has 0 saturated heterocycles. The van der Waals surface area contributed by atoms with Crippen LogP contribution in [0, 0.1) is 0 Å². The minimum absolute atomic E-state index is 0.187. The standard InChI is InChI=1S/C15H17NO2/c1-2-18-13-8-15(17,9-13)12-7-11-5-3-4-6-14(11)16-10-12/h3-7,10,13,17H,2,8-9H2,1H3. The van der Waals surface area contributed by atoms with Crippen LogP contribution in [0.1, 0.15) is 25.3 Å². The Balaban J connectivity index is 1.87. The van der Waals surface area contributed by atoms with Crippen molar-refractivity contribution in [2.45, 2.75) is 31.5 Å². The van der Waals surface area contributed by atoms with Crippen molar-refractivity contribution in [3.05, 3.63) is 42.1 Å². The normalized spacial score (nSPS) is 27.1. The number of nitrogens with zero attached hydrogens (tertiary/aromatic N) is 1. The molecule has 1 saturated carbocycles. The topological polar surface area (TPSA) is 42.4 Å². The van der Waals surface area contributed by atoms with Gasteiger partial charge in [0.2, 0.25) is 0 Å². The Bertz CT molecular complexity index is 561. The average Bonchev–Trinajstić information content (AvgIpc) is 2.36. The number of hydrogen-bond donors (Lipinski definition) is 1. The molecular formula is C15H17NO2. The Hall–Kier alpha value is -1.45. The zero-order valence-corrected chi connectivity index (χ0v) is 10.5.